The number of benzene rings is 1. The van der Waals surface area contributed by atoms with Gasteiger partial charge in [0.05, 0.1) is 0 Å². The van der Waals surface area contributed by atoms with E-state index in [1.54, 1.807) is 30.3 Å². The zero-order chi connectivity index (χ0) is 18.3. The Morgan fingerprint density at radius 2 is 1.60 bits per heavy atom. The van der Waals surface area contributed by atoms with E-state index in [2.05, 4.69) is 9.97 Å². The van der Waals surface area contributed by atoms with Crippen LogP contribution in [0.1, 0.15) is 11.1 Å². The molecule has 2 rings (SSSR count). The summed E-state index contributed by atoms with van der Waals surface area (Å²) in [6, 6.07) is 8.67. The Morgan fingerprint density at radius 3 is 2.16 bits per heavy atom. The van der Waals surface area contributed by atoms with Gasteiger partial charge in [-0.25, -0.2) is 24.4 Å². The van der Waals surface area contributed by atoms with Gasteiger partial charge >= 0.3 is 18.0 Å². The summed E-state index contributed by atoms with van der Waals surface area (Å²) in [5.74, 6) is -3.47. The zero-order valence-corrected chi connectivity index (χ0v) is 13.0. The van der Waals surface area contributed by atoms with Gasteiger partial charge in [-0.05, 0) is 11.1 Å². The third-order valence-corrected chi connectivity index (χ3v) is 3.34. The van der Waals surface area contributed by atoms with E-state index in [4.69, 9.17) is 4.74 Å². The molecule has 0 aliphatic carbocycles. The fraction of sp³-hybridized carbons (Fsp3) is 0.188. The van der Waals surface area contributed by atoms with Crippen LogP contribution in [0.2, 0.25) is 0 Å². The molecular weight excluding hydrogens is 330 g/mol. The topological polar surface area (TPSA) is 139 Å². The Bertz CT molecular complexity index is 737. The van der Waals surface area contributed by atoms with Crippen LogP contribution in [0, 0.1) is 0 Å². The number of aromatic nitrogens is 2. The van der Waals surface area contributed by atoms with Crippen molar-refractivity contribution in [3.8, 4) is 0 Å². The minimum absolute atomic E-state index is 0.129. The number of carboxylic acids is 2. The Labute approximate surface area is 142 Å². The summed E-state index contributed by atoms with van der Waals surface area (Å²) in [4.78, 5) is 42.5. The zero-order valence-electron chi connectivity index (χ0n) is 13.0. The van der Waals surface area contributed by atoms with Crippen LogP contribution in [0.3, 0.4) is 0 Å². The number of carbonyl (C=O) groups is 3. The number of ether oxygens (including phenoxy) is 1. The van der Waals surface area contributed by atoms with Gasteiger partial charge in [-0.2, -0.15) is 0 Å². The number of carbonyl (C=O) groups excluding carboxylic acids is 1. The number of rotatable bonds is 7. The third-order valence-electron chi connectivity index (χ3n) is 3.34. The van der Waals surface area contributed by atoms with E-state index in [0.717, 1.165) is 0 Å². The Kier molecular flexibility index (Phi) is 5.62. The van der Waals surface area contributed by atoms with Crippen LogP contribution in [-0.2, 0) is 27.4 Å². The molecule has 25 heavy (non-hydrogen) atoms. The van der Waals surface area contributed by atoms with Gasteiger partial charge in [0.1, 0.15) is 12.9 Å². The lowest BCUT2D eigenvalue weighted by atomic mass is 9.92. The predicted molar refractivity (Wildman–Crippen MR) is 83.5 cm³/mol. The van der Waals surface area contributed by atoms with E-state index in [9.17, 15) is 24.6 Å². The van der Waals surface area contributed by atoms with E-state index in [-0.39, 0.29) is 12.2 Å². The molecule has 0 saturated carbocycles. The number of hydrogen-bond acceptors (Lipinski definition) is 6. The summed E-state index contributed by atoms with van der Waals surface area (Å²) in [7, 11) is 0. The quantitative estimate of drug-likeness (QED) is 0.628. The SMILES string of the molecule is O=C(NC(Cc1cncnc1)(C(=O)O)C(=O)O)OCc1ccccc1. The molecule has 3 N–H and O–H groups in total. The smallest absolute Gasteiger partial charge is 0.408 e. The van der Waals surface area contributed by atoms with Crippen LogP contribution in [0.15, 0.2) is 49.1 Å². The average Bonchev–Trinajstić information content (AvgIpc) is 2.60. The summed E-state index contributed by atoms with van der Waals surface area (Å²) in [5, 5.41) is 20.7. The summed E-state index contributed by atoms with van der Waals surface area (Å²) in [6.07, 6.45) is 2.05. The van der Waals surface area contributed by atoms with E-state index < -0.39 is 30.0 Å². The molecule has 130 valence electrons. The lowest BCUT2D eigenvalue weighted by Crippen LogP contribution is -2.61. The van der Waals surface area contributed by atoms with Gasteiger partial charge in [-0.3, -0.25) is 5.32 Å². The standard InChI is InChI=1S/C16H15N3O6/c20-13(21)16(14(22)23,6-12-7-17-10-18-8-12)19-15(24)25-9-11-4-2-1-3-5-11/h1-5,7-8,10H,6,9H2,(H,19,24)(H,20,21)(H,22,23). The predicted octanol–water partition coefficient (Wildman–Crippen LogP) is 0.853. The molecule has 0 atom stereocenters. The highest BCUT2D eigenvalue weighted by Gasteiger charge is 2.49. The number of hydrogen-bond donors (Lipinski definition) is 3. The maximum Gasteiger partial charge on any atom is 0.408 e. The normalized spacial score (nSPS) is 10.7. The molecule has 0 bridgehead atoms. The van der Waals surface area contributed by atoms with Crippen LogP contribution >= 0.6 is 0 Å². The molecule has 0 unspecified atom stereocenters. The second-order valence-corrected chi connectivity index (χ2v) is 5.13. The Hall–Kier alpha value is -3.49. The maximum atomic E-state index is 11.9. The number of alkyl carbamates (subject to hydrolysis) is 1. The second kappa shape index (κ2) is 7.86. The molecule has 0 aliphatic heterocycles. The van der Waals surface area contributed by atoms with Gasteiger partial charge in [0.15, 0.2) is 0 Å². The molecule has 0 spiro atoms. The Morgan fingerprint density at radius 1 is 1.00 bits per heavy atom. The molecule has 0 fully saturated rings. The summed E-state index contributed by atoms with van der Waals surface area (Å²) in [5.41, 5.74) is -1.70. The van der Waals surface area contributed by atoms with Gasteiger partial charge in [0, 0.05) is 18.8 Å². The first-order valence-corrected chi connectivity index (χ1v) is 7.13. The molecule has 1 aromatic carbocycles. The van der Waals surface area contributed by atoms with Gasteiger partial charge < -0.3 is 14.9 Å². The number of nitrogens with one attached hydrogen (secondary N) is 1. The van der Waals surface area contributed by atoms with Crippen molar-refractivity contribution < 1.29 is 29.3 Å². The lowest BCUT2D eigenvalue weighted by molar-refractivity contribution is -0.158. The molecule has 1 heterocycles. The molecular formula is C16H15N3O6. The third kappa shape index (κ3) is 4.50. The summed E-state index contributed by atoms with van der Waals surface area (Å²) in [6.45, 7) is -0.129. The Balaban J connectivity index is 2.13. The molecule has 9 nitrogen and oxygen atoms in total. The number of nitrogens with zero attached hydrogens (tertiary/aromatic N) is 2. The van der Waals surface area contributed by atoms with Gasteiger partial charge in [-0.15, -0.1) is 0 Å². The number of carboxylic acid groups (broad SMARTS) is 2. The van der Waals surface area contributed by atoms with Gasteiger partial charge in [0.2, 0.25) is 5.54 Å². The minimum Gasteiger partial charge on any atom is -0.479 e. The first kappa shape index (κ1) is 17.9. The molecule has 0 saturated heterocycles. The van der Waals surface area contributed by atoms with Crippen molar-refractivity contribution >= 4 is 18.0 Å². The van der Waals surface area contributed by atoms with Crippen LogP contribution < -0.4 is 5.32 Å². The first-order valence-electron chi connectivity index (χ1n) is 7.13. The molecule has 1 aromatic heterocycles. The first-order chi connectivity index (χ1) is 11.9. The lowest BCUT2D eigenvalue weighted by Gasteiger charge is -2.25. The van der Waals surface area contributed by atoms with Crippen LogP contribution in [0.5, 0.6) is 0 Å². The summed E-state index contributed by atoms with van der Waals surface area (Å²) < 4.78 is 4.91. The van der Waals surface area contributed by atoms with E-state index >= 15 is 0 Å². The van der Waals surface area contributed by atoms with Crippen LogP contribution in [-0.4, -0.2) is 43.8 Å². The fourth-order valence-corrected chi connectivity index (χ4v) is 2.05. The molecule has 9 heteroatoms. The fourth-order valence-electron chi connectivity index (χ4n) is 2.05. The van der Waals surface area contributed by atoms with Crippen molar-refractivity contribution in [3.63, 3.8) is 0 Å². The van der Waals surface area contributed by atoms with Gasteiger partial charge in [-0.1, -0.05) is 30.3 Å². The molecule has 0 radical (unpaired) electrons. The molecule has 1 amide bonds. The number of aliphatic carboxylic acids is 2. The molecule has 2 aromatic rings. The van der Waals surface area contributed by atoms with Crippen molar-refractivity contribution in [1.29, 1.82) is 0 Å². The monoisotopic (exact) mass is 345 g/mol. The van der Waals surface area contributed by atoms with Crippen LogP contribution in [0.4, 0.5) is 4.79 Å². The highest BCUT2D eigenvalue weighted by atomic mass is 16.5. The van der Waals surface area contributed by atoms with Crippen molar-refractivity contribution in [2.75, 3.05) is 0 Å². The van der Waals surface area contributed by atoms with Crippen molar-refractivity contribution in [3.05, 3.63) is 60.2 Å². The minimum atomic E-state index is -2.60. The van der Waals surface area contributed by atoms with Crippen LogP contribution in [0.25, 0.3) is 0 Å². The average molecular weight is 345 g/mol. The van der Waals surface area contributed by atoms with Gasteiger partial charge in [0.25, 0.3) is 0 Å². The number of amides is 1. The van der Waals surface area contributed by atoms with E-state index in [0.29, 0.717) is 5.56 Å². The maximum absolute atomic E-state index is 11.9. The molecule has 0 aliphatic rings. The highest BCUT2D eigenvalue weighted by Crippen LogP contribution is 2.15. The van der Waals surface area contributed by atoms with Crippen molar-refractivity contribution in [2.45, 2.75) is 18.6 Å². The second-order valence-electron chi connectivity index (χ2n) is 5.13. The van der Waals surface area contributed by atoms with Crippen molar-refractivity contribution in [1.82, 2.24) is 15.3 Å². The largest absolute Gasteiger partial charge is 0.479 e. The van der Waals surface area contributed by atoms with Crippen molar-refractivity contribution in [2.24, 2.45) is 0 Å². The van der Waals surface area contributed by atoms with E-state index in [1.807, 2.05) is 5.32 Å². The highest BCUT2D eigenvalue weighted by molar-refractivity contribution is 6.06. The summed E-state index contributed by atoms with van der Waals surface area (Å²) >= 11 is 0. The van der Waals surface area contributed by atoms with E-state index in [1.165, 1.54) is 18.7 Å².